The van der Waals surface area contributed by atoms with Gasteiger partial charge in [0.05, 0.1) is 5.69 Å². The Morgan fingerprint density at radius 3 is 2.68 bits per heavy atom. The second-order valence-electron chi connectivity index (χ2n) is 4.66. The van der Waals surface area contributed by atoms with E-state index in [0.29, 0.717) is 22.6 Å². The van der Waals surface area contributed by atoms with Gasteiger partial charge in [0.1, 0.15) is 17.9 Å². The van der Waals surface area contributed by atoms with Gasteiger partial charge in [-0.05, 0) is 31.2 Å². The van der Waals surface area contributed by atoms with E-state index in [4.69, 9.17) is 10.2 Å². The molecule has 2 aromatic heterocycles. The lowest BCUT2D eigenvalue weighted by molar-refractivity contribution is 0.573. The summed E-state index contributed by atoms with van der Waals surface area (Å²) in [4.78, 5) is 12.8. The van der Waals surface area contributed by atoms with Gasteiger partial charge in [-0.3, -0.25) is 0 Å². The van der Waals surface area contributed by atoms with E-state index in [1.165, 1.54) is 23.9 Å². The number of thioether (sulfide) groups is 1. The SMILES string of the molecule is Cc1cc(N)nc(SCc2coc(-c3ccc(F)cc3)n2)n1. The first-order valence-corrected chi connectivity index (χ1v) is 7.53. The van der Waals surface area contributed by atoms with Gasteiger partial charge in [-0.15, -0.1) is 0 Å². The molecule has 0 fully saturated rings. The maximum Gasteiger partial charge on any atom is 0.226 e. The third kappa shape index (κ3) is 3.43. The van der Waals surface area contributed by atoms with E-state index in [-0.39, 0.29) is 5.82 Å². The molecular weight excluding hydrogens is 303 g/mol. The molecule has 0 aliphatic rings. The maximum atomic E-state index is 12.9. The van der Waals surface area contributed by atoms with Crippen LogP contribution in [0.15, 0.2) is 46.2 Å². The van der Waals surface area contributed by atoms with Gasteiger partial charge in [0.2, 0.25) is 5.89 Å². The number of halogens is 1. The lowest BCUT2D eigenvalue weighted by atomic mass is 10.2. The van der Waals surface area contributed by atoms with E-state index in [2.05, 4.69) is 15.0 Å². The lowest BCUT2D eigenvalue weighted by Crippen LogP contribution is -1.96. The zero-order valence-corrected chi connectivity index (χ0v) is 12.6. The number of nitrogens with zero attached hydrogens (tertiary/aromatic N) is 3. The van der Waals surface area contributed by atoms with E-state index in [1.807, 2.05) is 6.92 Å². The van der Waals surface area contributed by atoms with E-state index in [9.17, 15) is 4.39 Å². The Hall–Kier alpha value is -2.41. The van der Waals surface area contributed by atoms with Crippen molar-refractivity contribution >= 4 is 17.6 Å². The molecule has 3 rings (SSSR count). The summed E-state index contributed by atoms with van der Waals surface area (Å²) in [5.41, 5.74) is 8.00. The molecule has 0 saturated heterocycles. The molecule has 0 bridgehead atoms. The molecule has 0 radical (unpaired) electrons. The van der Waals surface area contributed by atoms with Crippen LogP contribution in [0, 0.1) is 12.7 Å². The van der Waals surface area contributed by atoms with E-state index in [1.54, 1.807) is 24.5 Å². The van der Waals surface area contributed by atoms with Crippen molar-refractivity contribution in [2.75, 3.05) is 5.73 Å². The molecule has 0 unspecified atom stereocenters. The first kappa shape index (κ1) is 14.5. The van der Waals surface area contributed by atoms with Crippen molar-refractivity contribution in [3.05, 3.63) is 53.8 Å². The number of nitrogens with two attached hydrogens (primary N) is 1. The molecule has 0 atom stereocenters. The highest BCUT2D eigenvalue weighted by molar-refractivity contribution is 7.98. The highest BCUT2D eigenvalue weighted by atomic mass is 32.2. The van der Waals surface area contributed by atoms with Crippen LogP contribution in [0.2, 0.25) is 0 Å². The van der Waals surface area contributed by atoms with E-state index in [0.717, 1.165) is 17.0 Å². The quantitative estimate of drug-likeness (QED) is 0.587. The number of aromatic nitrogens is 3. The molecule has 2 heterocycles. The molecule has 0 saturated carbocycles. The number of nitrogen functional groups attached to an aromatic ring is 1. The van der Waals surface area contributed by atoms with Crippen molar-refractivity contribution in [2.24, 2.45) is 0 Å². The molecular formula is C15H13FN4OS. The summed E-state index contributed by atoms with van der Waals surface area (Å²) in [6.07, 6.45) is 1.57. The Kier molecular flexibility index (Phi) is 4.06. The van der Waals surface area contributed by atoms with Gasteiger partial charge in [0.15, 0.2) is 5.16 Å². The number of hydrogen-bond acceptors (Lipinski definition) is 6. The van der Waals surface area contributed by atoms with Gasteiger partial charge in [0, 0.05) is 23.1 Å². The van der Waals surface area contributed by atoms with Gasteiger partial charge in [-0.2, -0.15) is 0 Å². The van der Waals surface area contributed by atoms with Crippen molar-refractivity contribution in [1.82, 2.24) is 15.0 Å². The summed E-state index contributed by atoms with van der Waals surface area (Å²) >= 11 is 1.43. The maximum absolute atomic E-state index is 12.9. The smallest absolute Gasteiger partial charge is 0.226 e. The Labute approximate surface area is 130 Å². The highest BCUT2D eigenvalue weighted by Gasteiger charge is 2.09. The second-order valence-corrected chi connectivity index (χ2v) is 5.60. The van der Waals surface area contributed by atoms with Crippen molar-refractivity contribution in [3.63, 3.8) is 0 Å². The normalized spacial score (nSPS) is 10.8. The molecule has 0 aliphatic carbocycles. The third-order valence-electron chi connectivity index (χ3n) is 2.85. The van der Waals surface area contributed by atoms with Crippen LogP contribution in [0.4, 0.5) is 10.2 Å². The molecule has 2 N–H and O–H groups in total. The molecule has 112 valence electrons. The lowest BCUT2D eigenvalue weighted by Gasteiger charge is -2.00. The molecule has 0 aliphatic heterocycles. The summed E-state index contributed by atoms with van der Waals surface area (Å²) in [5, 5.41) is 0.601. The number of aryl methyl sites for hydroxylation is 1. The number of rotatable bonds is 4. The van der Waals surface area contributed by atoms with Crippen LogP contribution in [0.1, 0.15) is 11.4 Å². The molecule has 0 spiro atoms. The largest absolute Gasteiger partial charge is 0.444 e. The Balaban J connectivity index is 1.70. The molecule has 3 aromatic rings. The van der Waals surface area contributed by atoms with Crippen molar-refractivity contribution < 1.29 is 8.81 Å². The fourth-order valence-corrected chi connectivity index (χ4v) is 2.65. The highest BCUT2D eigenvalue weighted by Crippen LogP contribution is 2.23. The summed E-state index contributed by atoms with van der Waals surface area (Å²) in [5.74, 6) is 1.18. The van der Waals surface area contributed by atoms with Crippen molar-refractivity contribution in [1.29, 1.82) is 0 Å². The average molecular weight is 316 g/mol. The number of anilines is 1. The summed E-state index contributed by atoms with van der Waals surface area (Å²) in [7, 11) is 0. The van der Waals surface area contributed by atoms with E-state index < -0.39 is 0 Å². The topological polar surface area (TPSA) is 77.8 Å². The number of oxazole rings is 1. The zero-order valence-electron chi connectivity index (χ0n) is 11.8. The summed E-state index contributed by atoms with van der Waals surface area (Å²) in [6, 6.07) is 7.71. The first-order valence-electron chi connectivity index (χ1n) is 6.54. The van der Waals surface area contributed by atoms with Crippen molar-refractivity contribution in [2.45, 2.75) is 17.8 Å². The monoisotopic (exact) mass is 316 g/mol. The van der Waals surface area contributed by atoms with Gasteiger partial charge in [-0.25, -0.2) is 19.3 Å². The fourth-order valence-electron chi connectivity index (χ4n) is 1.87. The summed E-state index contributed by atoms with van der Waals surface area (Å²) in [6.45, 7) is 1.87. The average Bonchev–Trinajstić information content (AvgIpc) is 2.94. The molecule has 0 amide bonds. The Morgan fingerprint density at radius 2 is 1.95 bits per heavy atom. The molecule has 22 heavy (non-hydrogen) atoms. The van der Waals surface area contributed by atoms with E-state index >= 15 is 0 Å². The minimum Gasteiger partial charge on any atom is -0.444 e. The molecule has 7 heteroatoms. The van der Waals surface area contributed by atoms with Crippen LogP contribution >= 0.6 is 11.8 Å². The molecule has 5 nitrogen and oxygen atoms in total. The van der Waals surface area contributed by atoms with Gasteiger partial charge >= 0.3 is 0 Å². The van der Waals surface area contributed by atoms with Crippen LogP contribution in [0.3, 0.4) is 0 Å². The van der Waals surface area contributed by atoms with Crippen LogP contribution in [0.25, 0.3) is 11.5 Å². The standard InChI is InChI=1S/C15H13FN4OS/c1-9-6-13(17)20-15(18-9)22-8-12-7-21-14(19-12)10-2-4-11(16)5-3-10/h2-7H,8H2,1H3,(H2,17,18,20). The minimum atomic E-state index is -0.291. The Bertz CT molecular complexity index is 768. The minimum absolute atomic E-state index is 0.291. The predicted octanol–water partition coefficient (Wildman–Crippen LogP) is 3.45. The second kappa shape index (κ2) is 6.15. The predicted molar refractivity (Wildman–Crippen MR) is 82.6 cm³/mol. The van der Waals surface area contributed by atoms with Crippen LogP contribution in [-0.2, 0) is 5.75 Å². The van der Waals surface area contributed by atoms with Crippen LogP contribution < -0.4 is 5.73 Å². The number of hydrogen-bond donors (Lipinski definition) is 1. The Morgan fingerprint density at radius 1 is 1.18 bits per heavy atom. The summed E-state index contributed by atoms with van der Waals surface area (Å²) < 4.78 is 18.3. The van der Waals surface area contributed by atoms with Crippen LogP contribution in [0.5, 0.6) is 0 Å². The fraction of sp³-hybridized carbons (Fsp3) is 0.133. The zero-order chi connectivity index (χ0) is 15.5. The third-order valence-corrected chi connectivity index (χ3v) is 3.73. The first-order chi connectivity index (χ1) is 10.6. The van der Waals surface area contributed by atoms with Gasteiger partial charge < -0.3 is 10.2 Å². The van der Waals surface area contributed by atoms with Gasteiger partial charge in [-0.1, -0.05) is 11.8 Å². The molecule has 1 aromatic carbocycles. The van der Waals surface area contributed by atoms with Crippen LogP contribution in [-0.4, -0.2) is 15.0 Å². The number of benzene rings is 1. The van der Waals surface area contributed by atoms with Gasteiger partial charge in [0.25, 0.3) is 0 Å². The van der Waals surface area contributed by atoms with Crippen molar-refractivity contribution in [3.8, 4) is 11.5 Å².